The molecule has 0 fully saturated rings. The second kappa shape index (κ2) is 5.62. The van der Waals surface area contributed by atoms with E-state index in [0.717, 1.165) is 0 Å². The highest BCUT2D eigenvalue weighted by atomic mass is 35.5. The third-order valence-corrected chi connectivity index (χ3v) is 1.08. The first-order valence-electron chi connectivity index (χ1n) is 2.75. The van der Waals surface area contributed by atoms with Gasteiger partial charge in [-0.25, -0.2) is 0 Å². The Morgan fingerprint density at radius 2 is 1.91 bits per heavy atom. The quantitative estimate of drug-likeness (QED) is 0.728. The van der Waals surface area contributed by atoms with E-state index in [1.54, 1.807) is 0 Å². The minimum absolute atomic E-state index is 0. The summed E-state index contributed by atoms with van der Waals surface area (Å²) in [5.41, 5.74) is 0. The van der Waals surface area contributed by atoms with Crippen molar-refractivity contribution in [1.82, 2.24) is 5.32 Å². The van der Waals surface area contributed by atoms with Crippen LogP contribution < -0.4 is 5.32 Å². The average Bonchev–Trinajstić information content (AvgIpc) is 1.80. The molecule has 0 aromatic heterocycles. The highest BCUT2D eigenvalue weighted by molar-refractivity contribution is 5.85. The van der Waals surface area contributed by atoms with E-state index in [1.807, 2.05) is 0 Å². The van der Waals surface area contributed by atoms with Gasteiger partial charge in [0.25, 0.3) is 0 Å². The second-order valence-electron chi connectivity index (χ2n) is 1.84. The molecule has 0 aliphatic rings. The number of hydrogen-bond donors (Lipinski definition) is 1. The number of alkyl halides is 3. The minimum atomic E-state index is -4.22. The van der Waals surface area contributed by atoms with E-state index in [2.05, 4.69) is 10.1 Å². The average molecular weight is 194 g/mol. The van der Waals surface area contributed by atoms with E-state index in [-0.39, 0.29) is 19.0 Å². The van der Waals surface area contributed by atoms with Crippen LogP contribution in [0.4, 0.5) is 13.2 Å². The summed E-state index contributed by atoms with van der Waals surface area (Å²) in [5, 5.41) is 2.09. The Morgan fingerprint density at radius 1 is 1.45 bits per heavy atom. The summed E-state index contributed by atoms with van der Waals surface area (Å²) in [5.74, 6) is 0. The van der Waals surface area contributed by atoms with Crippen LogP contribution in [0.15, 0.2) is 0 Å². The number of nitrogens with one attached hydrogen (secondary N) is 1. The lowest BCUT2D eigenvalue weighted by Gasteiger charge is -2.17. The van der Waals surface area contributed by atoms with Crippen LogP contribution in [0.1, 0.15) is 0 Å². The molecule has 2 nitrogen and oxygen atoms in total. The maximum atomic E-state index is 11.8. The van der Waals surface area contributed by atoms with E-state index in [1.165, 1.54) is 14.2 Å². The lowest BCUT2D eigenvalue weighted by atomic mass is 10.3. The molecule has 1 unspecified atom stereocenters. The van der Waals surface area contributed by atoms with Crippen molar-refractivity contribution in [2.45, 2.75) is 12.2 Å². The number of likely N-dealkylation sites (N-methyl/N-ethyl adjacent to an activating group) is 1. The molecule has 6 heteroatoms. The molecule has 0 saturated carbocycles. The molecule has 0 radical (unpaired) electrons. The smallest absolute Gasteiger partial charge is 0.383 e. The van der Waals surface area contributed by atoms with Crippen molar-refractivity contribution in [3.63, 3.8) is 0 Å². The zero-order valence-corrected chi connectivity index (χ0v) is 7.05. The summed E-state index contributed by atoms with van der Waals surface area (Å²) in [4.78, 5) is 0. The van der Waals surface area contributed by atoms with Gasteiger partial charge in [0.15, 0.2) is 0 Å². The standard InChI is InChI=1S/C5H10F3NO.ClH/c1-9-4(3-10-2)5(6,7)8;/h4,9H,3H2,1-2H3;1H. The van der Waals surface area contributed by atoms with Gasteiger partial charge >= 0.3 is 6.18 Å². The van der Waals surface area contributed by atoms with Crippen LogP contribution in [0.3, 0.4) is 0 Å². The molecule has 0 aromatic rings. The van der Waals surface area contributed by atoms with Crippen molar-refractivity contribution in [1.29, 1.82) is 0 Å². The summed E-state index contributed by atoms with van der Waals surface area (Å²) >= 11 is 0. The fourth-order valence-corrected chi connectivity index (χ4v) is 0.508. The summed E-state index contributed by atoms with van der Waals surface area (Å²) in [6.45, 7) is -0.347. The normalized spacial score (nSPS) is 13.9. The van der Waals surface area contributed by atoms with Gasteiger partial charge in [0.2, 0.25) is 0 Å². The minimum Gasteiger partial charge on any atom is -0.383 e. The number of hydrogen-bond acceptors (Lipinski definition) is 2. The Balaban J connectivity index is 0. The molecule has 0 saturated heterocycles. The van der Waals surface area contributed by atoms with E-state index < -0.39 is 12.2 Å². The van der Waals surface area contributed by atoms with Gasteiger partial charge in [0.1, 0.15) is 6.04 Å². The van der Waals surface area contributed by atoms with E-state index in [9.17, 15) is 13.2 Å². The Hall–Kier alpha value is -0.0000000000000000555. The molecule has 0 bridgehead atoms. The Labute approximate surface area is 69.5 Å². The predicted molar refractivity (Wildman–Crippen MR) is 38.0 cm³/mol. The van der Waals surface area contributed by atoms with Gasteiger partial charge in [-0.15, -0.1) is 12.4 Å². The first-order chi connectivity index (χ1) is 4.52. The monoisotopic (exact) mass is 193 g/mol. The van der Waals surface area contributed by atoms with Gasteiger partial charge in [-0.2, -0.15) is 13.2 Å². The largest absolute Gasteiger partial charge is 0.406 e. The van der Waals surface area contributed by atoms with Crippen LogP contribution in [0.2, 0.25) is 0 Å². The molecular formula is C5H11ClF3NO. The van der Waals surface area contributed by atoms with Gasteiger partial charge in [0.05, 0.1) is 6.61 Å². The van der Waals surface area contributed by atoms with E-state index in [4.69, 9.17) is 0 Å². The zero-order valence-electron chi connectivity index (χ0n) is 6.23. The van der Waals surface area contributed by atoms with Crippen molar-refractivity contribution in [2.24, 2.45) is 0 Å². The molecule has 0 heterocycles. The fraction of sp³-hybridized carbons (Fsp3) is 1.00. The van der Waals surface area contributed by atoms with Crippen LogP contribution in [0, 0.1) is 0 Å². The lowest BCUT2D eigenvalue weighted by Crippen LogP contribution is -2.43. The Morgan fingerprint density at radius 3 is 2.00 bits per heavy atom. The van der Waals surface area contributed by atoms with Crippen LogP contribution in [0.25, 0.3) is 0 Å². The summed E-state index contributed by atoms with van der Waals surface area (Å²) < 4.78 is 39.6. The first-order valence-corrected chi connectivity index (χ1v) is 2.75. The van der Waals surface area contributed by atoms with Crippen molar-refractivity contribution < 1.29 is 17.9 Å². The molecular weight excluding hydrogens is 183 g/mol. The molecule has 0 aliphatic heterocycles. The van der Waals surface area contributed by atoms with E-state index in [0.29, 0.717) is 0 Å². The van der Waals surface area contributed by atoms with E-state index >= 15 is 0 Å². The van der Waals surface area contributed by atoms with Crippen molar-refractivity contribution in [3.05, 3.63) is 0 Å². The van der Waals surface area contributed by atoms with Gasteiger partial charge in [-0.3, -0.25) is 0 Å². The first kappa shape index (κ1) is 13.6. The highest BCUT2D eigenvalue weighted by Gasteiger charge is 2.38. The Bertz CT molecular complexity index is 98.2. The topological polar surface area (TPSA) is 21.3 Å². The molecule has 11 heavy (non-hydrogen) atoms. The van der Waals surface area contributed by atoms with Crippen molar-refractivity contribution in [2.75, 3.05) is 20.8 Å². The van der Waals surface area contributed by atoms with Gasteiger partial charge < -0.3 is 10.1 Å². The molecule has 1 N–H and O–H groups in total. The molecule has 0 spiro atoms. The Kier molecular flexibility index (Phi) is 6.94. The third-order valence-electron chi connectivity index (χ3n) is 1.08. The van der Waals surface area contributed by atoms with Crippen molar-refractivity contribution >= 4 is 12.4 Å². The van der Waals surface area contributed by atoms with Crippen molar-refractivity contribution in [3.8, 4) is 0 Å². The number of methoxy groups -OCH3 is 1. The number of ether oxygens (including phenoxy) is 1. The number of rotatable bonds is 3. The summed E-state index contributed by atoms with van der Waals surface area (Å²) in [6.07, 6.45) is -4.22. The van der Waals surface area contributed by atoms with Crippen LogP contribution in [-0.2, 0) is 4.74 Å². The maximum absolute atomic E-state index is 11.8. The SMILES string of the molecule is CNC(COC)C(F)(F)F.Cl. The third kappa shape index (κ3) is 5.29. The van der Waals surface area contributed by atoms with Gasteiger partial charge in [-0.05, 0) is 7.05 Å². The lowest BCUT2D eigenvalue weighted by molar-refractivity contribution is -0.164. The molecule has 70 valence electrons. The van der Waals surface area contributed by atoms with Crippen LogP contribution in [-0.4, -0.2) is 33.0 Å². The molecule has 0 rings (SSSR count). The molecule has 1 atom stereocenters. The van der Waals surface area contributed by atoms with Crippen LogP contribution in [0.5, 0.6) is 0 Å². The maximum Gasteiger partial charge on any atom is 0.406 e. The summed E-state index contributed by atoms with van der Waals surface area (Å²) in [6, 6.07) is -1.56. The summed E-state index contributed by atoms with van der Waals surface area (Å²) in [7, 11) is 2.48. The van der Waals surface area contributed by atoms with Gasteiger partial charge in [0, 0.05) is 7.11 Å². The molecule has 0 amide bonds. The zero-order chi connectivity index (χ0) is 8.20. The molecule has 0 aliphatic carbocycles. The fourth-order valence-electron chi connectivity index (χ4n) is 0.508. The molecule has 0 aromatic carbocycles. The second-order valence-corrected chi connectivity index (χ2v) is 1.84. The highest BCUT2D eigenvalue weighted by Crippen LogP contribution is 2.19. The predicted octanol–water partition coefficient (Wildman–Crippen LogP) is 1.20. The van der Waals surface area contributed by atoms with Crippen LogP contribution >= 0.6 is 12.4 Å². The van der Waals surface area contributed by atoms with Gasteiger partial charge in [-0.1, -0.05) is 0 Å². The number of halogens is 4.